The Morgan fingerprint density at radius 2 is 2.10 bits per heavy atom. The molecule has 0 radical (unpaired) electrons. The van der Waals surface area contributed by atoms with Crippen LogP contribution in [0.3, 0.4) is 0 Å². The van der Waals surface area contributed by atoms with Gasteiger partial charge in [-0.05, 0) is 18.9 Å². The summed E-state index contributed by atoms with van der Waals surface area (Å²) in [5.74, 6) is 3.04. The van der Waals surface area contributed by atoms with E-state index < -0.39 is 0 Å². The van der Waals surface area contributed by atoms with E-state index >= 15 is 0 Å². The van der Waals surface area contributed by atoms with Gasteiger partial charge in [0.2, 0.25) is 18.5 Å². The quantitative estimate of drug-likeness (QED) is 0.778. The van der Waals surface area contributed by atoms with Gasteiger partial charge in [0.25, 0.3) is 0 Å². The van der Waals surface area contributed by atoms with Crippen LogP contribution in [0.1, 0.15) is 40.8 Å². The van der Waals surface area contributed by atoms with Crippen molar-refractivity contribution >= 4 is 6.29 Å². The summed E-state index contributed by atoms with van der Waals surface area (Å²) in [4.78, 5) is 15.4. The number of fused-ring (bicyclic) bond motifs is 1. The Balaban J connectivity index is 1.51. The van der Waals surface area contributed by atoms with Gasteiger partial charge >= 0.3 is 0 Å². The number of rotatable bonds is 5. The fraction of sp³-hybridized carbons (Fsp3) is 0.357. The van der Waals surface area contributed by atoms with Crippen LogP contribution in [-0.4, -0.2) is 23.2 Å². The molecule has 0 unspecified atom stereocenters. The Kier molecular flexibility index (Phi) is 2.77. The Hall–Kier alpha value is -2.57. The molecular weight excluding hydrogens is 276 g/mol. The summed E-state index contributed by atoms with van der Waals surface area (Å²) in [6, 6.07) is 3.23. The van der Waals surface area contributed by atoms with Gasteiger partial charge in [-0.25, -0.2) is 0 Å². The standard InChI is InChI=1S/C14H12N2O5/c17-5-9-3-11-12(20-7-19-11)4-10(9)18-6-13-15-14(21-16-13)8-1-2-8/h3-5,8H,1-2,6-7H2. The van der Waals surface area contributed by atoms with Gasteiger partial charge in [0.05, 0.1) is 5.56 Å². The van der Waals surface area contributed by atoms with Gasteiger partial charge in [-0.3, -0.25) is 4.79 Å². The van der Waals surface area contributed by atoms with Crippen LogP contribution in [0.15, 0.2) is 16.7 Å². The van der Waals surface area contributed by atoms with Crippen LogP contribution in [-0.2, 0) is 6.61 Å². The predicted octanol–water partition coefficient (Wildman–Crippen LogP) is 2.07. The third kappa shape index (κ3) is 2.31. The molecule has 7 heteroatoms. The maximum Gasteiger partial charge on any atom is 0.231 e. The number of aromatic nitrogens is 2. The highest BCUT2D eigenvalue weighted by molar-refractivity contribution is 5.81. The Labute approximate surface area is 119 Å². The van der Waals surface area contributed by atoms with Crippen molar-refractivity contribution in [3.8, 4) is 17.2 Å². The third-order valence-corrected chi connectivity index (χ3v) is 3.40. The number of carbonyl (C=O) groups excluding carboxylic acids is 1. The first-order valence-corrected chi connectivity index (χ1v) is 6.67. The van der Waals surface area contributed by atoms with Crippen LogP contribution >= 0.6 is 0 Å². The molecule has 1 fully saturated rings. The fourth-order valence-corrected chi connectivity index (χ4v) is 2.12. The third-order valence-electron chi connectivity index (χ3n) is 3.40. The lowest BCUT2D eigenvalue weighted by Crippen LogP contribution is -2.00. The van der Waals surface area contributed by atoms with E-state index in [1.165, 1.54) is 0 Å². The van der Waals surface area contributed by atoms with Crippen molar-refractivity contribution in [2.75, 3.05) is 6.79 Å². The molecule has 2 heterocycles. The number of hydrogen-bond acceptors (Lipinski definition) is 7. The summed E-state index contributed by atoms with van der Waals surface area (Å²) in [6.07, 6.45) is 2.91. The number of carbonyl (C=O) groups is 1. The molecule has 0 bridgehead atoms. The zero-order valence-electron chi connectivity index (χ0n) is 11.1. The highest BCUT2D eigenvalue weighted by Crippen LogP contribution is 2.39. The smallest absolute Gasteiger partial charge is 0.231 e. The number of nitrogens with zero attached hydrogens (tertiary/aromatic N) is 2. The van der Waals surface area contributed by atoms with E-state index in [9.17, 15) is 4.79 Å². The SMILES string of the molecule is O=Cc1cc2c(cc1OCc1noc(C3CC3)n1)OCO2. The Morgan fingerprint density at radius 1 is 1.29 bits per heavy atom. The molecule has 0 spiro atoms. The van der Waals surface area contributed by atoms with E-state index in [-0.39, 0.29) is 13.4 Å². The molecule has 4 rings (SSSR count). The molecule has 1 aromatic carbocycles. The summed E-state index contributed by atoms with van der Waals surface area (Å²) in [5, 5.41) is 3.87. The van der Waals surface area contributed by atoms with Gasteiger partial charge in [0.1, 0.15) is 5.75 Å². The molecule has 2 aromatic rings. The van der Waals surface area contributed by atoms with Crippen molar-refractivity contribution in [1.82, 2.24) is 10.1 Å². The minimum Gasteiger partial charge on any atom is -0.485 e. The van der Waals surface area contributed by atoms with E-state index in [1.807, 2.05) is 0 Å². The Bertz CT molecular complexity index is 693. The molecule has 1 aromatic heterocycles. The molecule has 0 saturated heterocycles. The fourth-order valence-electron chi connectivity index (χ4n) is 2.12. The largest absolute Gasteiger partial charge is 0.485 e. The lowest BCUT2D eigenvalue weighted by molar-refractivity contribution is 0.111. The van der Waals surface area contributed by atoms with E-state index in [0.29, 0.717) is 46.7 Å². The summed E-state index contributed by atoms with van der Waals surface area (Å²) in [5.41, 5.74) is 0.394. The second kappa shape index (κ2) is 4.76. The monoisotopic (exact) mass is 288 g/mol. The maximum atomic E-state index is 11.1. The lowest BCUT2D eigenvalue weighted by atomic mass is 10.2. The first-order chi connectivity index (χ1) is 10.3. The molecule has 108 valence electrons. The van der Waals surface area contributed by atoms with Crippen LogP contribution in [0.5, 0.6) is 17.2 Å². The van der Waals surface area contributed by atoms with Crippen molar-refractivity contribution in [2.45, 2.75) is 25.4 Å². The second-order valence-electron chi connectivity index (χ2n) is 4.97. The number of benzene rings is 1. The predicted molar refractivity (Wildman–Crippen MR) is 68.6 cm³/mol. The van der Waals surface area contributed by atoms with Gasteiger partial charge in [0.15, 0.2) is 24.4 Å². The topological polar surface area (TPSA) is 83.7 Å². The van der Waals surface area contributed by atoms with Crippen LogP contribution in [0.2, 0.25) is 0 Å². The van der Waals surface area contributed by atoms with E-state index in [1.54, 1.807) is 12.1 Å². The minimum absolute atomic E-state index is 0.136. The number of aldehydes is 1. The van der Waals surface area contributed by atoms with Crippen molar-refractivity contribution in [3.63, 3.8) is 0 Å². The van der Waals surface area contributed by atoms with Crippen LogP contribution < -0.4 is 14.2 Å². The van der Waals surface area contributed by atoms with Crippen LogP contribution in [0.25, 0.3) is 0 Å². The molecule has 1 saturated carbocycles. The molecule has 0 amide bonds. The molecule has 2 aliphatic rings. The average molecular weight is 288 g/mol. The van der Waals surface area contributed by atoms with Gasteiger partial charge in [-0.15, -0.1) is 0 Å². The second-order valence-corrected chi connectivity index (χ2v) is 4.97. The molecule has 0 N–H and O–H groups in total. The molecule has 7 nitrogen and oxygen atoms in total. The van der Waals surface area contributed by atoms with E-state index in [2.05, 4.69) is 10.1 Å². The van der Waals surface area contributed by atoms with Gasteiger partial charge < -0.3 is 18.7 Å². The molecule has 21 heavy (non-hydrogen) atoms. The molecular formula is C14H12N2O5. The molecule has 1 aliphatic heterocycles. The van der Waals surface area contributed by atoms with E-state index in [4.69, 9.17) is 18.7 Å². The van der Waals surface area contributed by atoms with E-state index in [0.717, 1.165) is 12.8 Å². The van der Waals surface area contributed by atoms with Gasteiger partial charge in [-0.1, -0.05) is 5.16 Å². The van der Waals surface area contributed by atoms with Crippen molar-refractivity contribution in [2.24, 2.45) is 0 Å². The highest BCUT2D eigenvalue weighted by atomic mass is 16.7. The first-order valence-electron chi connectivity index (χ1n) is 6.67. The summed E-state index contributed by atoms with van der Waals surface area (Å²) >= 11 is 0. The van der Waals surface area contributed by atoms with Crippen molar-refractivity contribution < 1.29 is 23.5 Å². The lowest BCUT2D eigenvalue weighted by Gasteiger charge is -2.07. The normalized spacial score (nSPS) is 16.0. The summed E-state index contributed by atoms with van der Waals surface area (Å²) in [6.45, 7) is 0.281. The van der Waals surface area contributed by atoms with Gasteiger partial charge in [-0.2, -0.15) is 4.98 Å². The Morgan fingerprint density at radius 3 is 2.86 bits per heavy atom. The van der Waals surface area contributed by atoms with Crippen molar-refractivity contribution in [1.29, 1.82) is 0 Å². The van der Waals surface area contributed by atoms with Crippen LogP contribution in [0.4, 0.5) is 0 Å². The zero-order chi connectivity index (χ0) is 14.2. The van der Waals surface area contributed by atoms with Gasteiger partial charge in [0, 0.05) is 12.0 Å². The average Bonchev–Trinajstić information content (AvgIpc) is 3.08. The maximum absolute atomic E-state index is 11.1. The minimum atomic E-state index is 0.136. The molecule has 0 atom stereocenters. The number of ether oxygens (including phenoxy) is 3. The summed E-state index contributed by atoms with van der Waals surface area (Å²) in [7, 11) is 0. The molecule has 1 aliphatic carbocycles. The first kappa shape index (κ1) is 12.2. The van der Waals surface area contributed by atoms with Crippen molar-refractivity contribution in [3.05, 3.63) is 29.4 Å². The summed E-state index contributed by atoms with van der Waals surface area (Å²) < 4.78 is 21.2. The van der Waals surface area contributed by atoms with Crippen LogP contribution in [0, 0.1) is 0 Å². The zero-order valence-corrected chi connectivity index (χ0v) is 11.1. The number of hydrogen-bond donors (Lipinski definition) is 0. The highest BCUT2D eigenvalue weighted by Gasteiger charge is 2.29.